The fraction of sp³-hybridized carbons (Fsp3) is 0.192. The van der Waals surface area contributed by atoms with Crippen LogP contribution in [0.3, 0.4) is 0 Å². The number of halogens is 1. The number of esters is 1. The molecule has 0 aliphatic carbocycles. The van der Waals surface area contributed by atoms with Crippen molar-refractivity contribution in [1.29, 1.82) is 0 Å². The number of rotatable bonds is 7. The van der Waals surface area contributed by atoms with E-state index in [0.717, 1.165) is 0 Å². The van der Waals surface area contributed by atoms with Crippen molar-refractivity contribution < 1.29 is 19.0 Å². The minimum absolute atomic E-state index is 0.0329. The molecule has 1 aliphatic heterocycles. The van der Waals surface area contributed by atoms with Crippen LogP contribution in [0.25, 0.3) is 6.08 Å². The van der Waals surface area contributed by atoms with Gasteiger partial charge in [-0.1, -0.05) is 59.9 Å². The molecule has 0 unspecified atom stereocenters. The van der Waals surface area contributed by atoms with E-state index in [9.17, 15) is 9.59 Å². The molecule has 2 heterocycles. The van der Waals surface area contributed by atoms with Gasteiger partial charge in [-0.2, -0.15) is 0 Å². The number of ether oxygens (including phenoxy) is 3. The first-order valence-electron chi connectivity index (χ1n) is 10.7. The topological polar surface area (TPSA) is 79.1 Å². The summed E-state index contributed by atoms with van der Waals surface area (Å²) < 4.78 is 18.1. The highest BCUT2D eigenvalue weighted by atomic mass is 35.5. The van der Waals surface area contributed by atoms with Crippen molar-refractivity contribution in [1.82, 2.24) is 4.57 Å². The maximum absolute atomic E-state index is 13.7. The van der Waals surface area contributed by atoms with E-state index in [1.807, 2.05) is 18.2 Å². The highest BCUT2D eigenvalue weighted by Crippen LogP contribution is 2.36. The Labute approximate surface area is 210 Å². The zero-order valence-electron chi connectivity index (χ0n) is 19.4. The van der Waals surface area contributed by atoms with Crippen LogP contribution >= 0.6 is 22.9 Å². The lowest BCUT2D eigenvalue weighted by Gasteiger charge is -2.25. The Morgan fingerprint density at radius 1 is 1.20 bits per heavy atom. The fourth-order valence-electron chi connectivity index (χ4n) is 3.87. The second-order valence-corrected chi connectivity index (χ2v) is 9.02. The van der Waals surface area contributed by atoms with Crippen molar-refractivity contribution in [3.05, 3.63) is 102 Å². The van der Waals surface area contributed by atoms with E-state index in [1.54, 1.807) is 37.3 Å². The molecule has 9 heteroatoms. The summed E-state index contributed by atoms with van der Waals surface area (Å²) in [6, 6.07) is 11.7. The Balaban J connectivity index is 1.97. The summed E-state index contributed by atoms with van der Waals surface area (Å²) >= 11 is 7.54. The van der Waals surface area contributed by atoms with E-state index in [-0.39, 0.29) is 17.7 Å². The first kappa shape index (κ1) is 24.5. The molecule has 1 aromatic heterocycles. The number of aromatic nitrogens is 1. The molecule has 1 atom stereocenters. The van der Waals surface area contributed by atoms with Crippen molar-refractivity contribution in [2.45, 2.75) is 13.0 Å². The van der Waals surface area contributed by atoms with Gasteiger partial charge in [-0.3, -0.25) is 9.36 Å². The molecule has 0 spiro atoms. The molecule has 180 valence electrons. The lowest BCUT2D eigenvalue weighted by molar-refractivity contribution is -0.138. The molecule has 0 N–H and O–H groups in total. The van der Waals surface area contributed by atoms with E-state index in [1.165, 1.54) is 36.2 Å². The molecule has 0 radical (unpaired) electrons. The standard InChI is InChI=1S/C26H23ClN2O5S/c1-5-12-34-25(31)22-15(2)28-26-29(23(22)17-10-11-19(32-3)20(13-17)33-4)24(30)21(35-26)14-16-8-6-7-9-18(16)27/h5-11,13-14,23H,1,12H2,2-4H3/b21-14-/t23-/m0/s1. The van der Waals surface area contributed by atoms with Crippen LogP contribution in [0.1, 0.15) is 24.1 Å². The van der Waals surface area contributed by atoms with Gasteiger partial charge in [0, 0.05) is 5.02 Å². The summed E-state index contributed by atoms with van der Waals surface area (Å²) in [5, 5.41) is 0.527. The quantitative estimate of drug-likeness (QED) is 0.358. The van der Waals surface area contributed by atoms with Crippen LogP contribution in [-0.2, 0) is 9.53 Å². The molecular formula is C26H23ClN2O5S. The predicted molar refractivity (Wildman–Crippen MR) is 136 cm³/mol. The number of thiazole rings is 1. The van der Waals surface area contributed by atoms with Crippen molar-refractivity contribution in [3.63, 3.8) is 0 Å². The molecule has 7 nitrogen and oxygen atoms in total. The second-order valence-electron chi connectivity index (χ2n) is 7.60. The van der Waals surface area contributed by atoms with Gasteiger partial charge in [0.05, 0.1) is 36.1 Å². The summed E-state index contributed by atoms with van der Waals surface area (Å²) in [6.07, 6.45) is 3.21. The van der Waals surface area contributed by atoms with Gasteiger partial charge in [-0.05, 0) is 42.3 Å². The molecule has 0 amide bonds. The number of allylic oxidation sites excluding steroid dienone is 1. The maximum atomic E-state index is 13.7. The number of hydrogen-bond acceptors (Lipinski definition) is 7. The molecule has 1 aliphatic rings. The van der Waals surface area contributed by atoms with Crippen molar-refractivity contribution >= 4 is 35.0 Å². The number of methoxy groups -OCH3 is 2. The summed E-state index contributed by atoms with van der Waals surface area (Å²) in [5.74, 6) is 0.418. The zero-order chi connectivity index (χ0) is 25.1. The molecule has 0 fully saturated rings. The Hall–Kier alpha value is -3.62. The minimum atomic E-state index is -0.781. The Bertz CT molecular complexity index is 1520. The van der Waals surface area contributed by atoms with E-state index in [2.05, 4.69) is 11.6 Å². The van der Waals surface area contributed by atoms with Gasteiger partial charge in [-0.15, -0.1) is 0 Å². The monoisotopic (exact) mass is 510 g/mol. The van der Waals surface area contributed by atoms with E-state index in [0.29, 0.717) is 42.7 Å². The highest BCUT2D eigenvalue weighted by Gasteiger charge is 2.34. The largest absolute Gasteiger partial charge is 0.493 e. The van der Waals surface area contributed by atoms with Crippen LogP contribution in [0, 0.1) is 0 Å². The molecule has 2 aromatic carbocycles. The molecule has 3 aromatic rings. The summed E-state index contributed by atoms with van der Waals surface area (Å²) in [5.41, 5.74) is 1.78. The van der Waals surface area contributed by atoms with E-state index < -0.39 is 12.0 Å². The smallest absolute Gasteiger partial charge is 0.338 e. The maximum Gasteiger partial charge on any atom is 0.338 e. The third kappa shape index (κ3) is 4.67. The van der Waals surface area contributed by atoms with Gasteiger partial charge in [0.2, 0.25) is 0 Å². The van der Waals surface area contributed by atoms with Gasteiger partial charge < -0.3 is 14.2 Å². The number of nitrogens with zero attached hydrogens (tertiary/aromatic N) is 2. The molecule has 0 bridgehead atoms. The molecular weight excluding hydrogens is 488 g/mol. The molecule has 0 saturated heterocycles. The summed E-state index contributed by atoms with van der Waals surface area (Å²) in [6.45, 7) is 5.36. The lowest BCUT2D eigenvalue weighted by Crippen LogP contribution is -2.40. The van der Waals surface area contributed by atoms with Gasteiger partial charge in [0.1, 0.15) is 6.61 Å². The van der Waals surface area contributed by atoms with Gasteiger partial charge >= 0.3 is 5.97 Å². The minimum Gasteiger partial charge on any atom is -0.493 e. The highest BCUT2D eigenvalue weighted by molar-refractivity contribution is 7.07. The number of benzene rings is 2. The van der Waals surface area contributed by atoms with E-state index >= 15 is 0 Å². The number of carbonyl (C=O) groups is 1. The third-order valence-electron chi connectivity index (χ3n) is 5.49. The van der Waals surface area contributed by atoms with Crippen LogP contribution in [0.15, 0.2) is 76.2 Å². The van der Waals surface area contributed by atoms with Crippen molar-refractivity contribution in [3.8, 4) is 11.5 Å². The Kier molecular flexibility index (Phi) is 7.23. The average Bonchev–Trinajstić information content (AvgIpc) is 3.16. The van der Waals surface area contributed by atoms with Crippen molar-refractivity contribution in [2.75, 3.05) is 20.8 Å². The summed E-state index contributed by atoms with van der Waals surface area (Å²) in [7, 11) is 3.06. The van der Waals surface area contributed by atoms with Crippen LogP contribution in [0.2, 0.25) is 5.02 Å². The number of fused-ring (bicyclic) bond motifs is 1. The van der Waals surface area contributed by atoms with Crippen LogP contribution in [0.4, 0.5) is 0 Å². The van der Waals surface area contributed by atoms with Crippen molar-refractivity contribution in [2.24, 2.45) is 4.99 Å². The first-order chi connectivity index (χ1) is 16.9. The Morgan fingerprint density at radius 3 is 2.63 bits per heavy atom. The van der Waals surface area contributed by atoms with Gasteiger partial charge in [0.15, 0.2) is 16.3 Å². The zero-order valence-corrected chi connectivity index (χ0v) is 21.0. The van der Waals surface area contributed by atoms with Gasteiger partial charge in [-0.25, -0.2) is 9.79 Å². The van der Waals surface area contributed by atoms with Crippen LogP contribution in [-0.4, -0.2) is 31.4 Å². The third-order valence-corrected chi connectivity index (χ3v) is 6.82. The SMILES string of the molecule is C=CCOC(=O)C1=C(C)N=c2s/c(=C\c3ccccc3Cl)c(=O)n2[C@H]1c1ccc(OC)c(OC)c1. The van der Waals surface area contributed by atoms with Crippen LogP contribution < -0.4 is 24.4 Å². The Morgan fingerprint density at radius 2 is 1.94 bits per heavy atom. The molecule has 0 saturated carbocycles. The second kappa shape index (κ2) is 10.3. The molecule has 4 rings (SSSR count). The first-order valence-corrected chi connectivity index (χ1v) is 11.9. The predicted octanol–water partition coefficient (Wildman–Crippen LogP) is 3.64. The lowest BCUT2D eigenvalue weighted by atomic mass is 9.95. The number of carbonyl (C=O) groups excluding carboxylic acids is 1. The number of hydrogen-bond donors (Lipinski definition) is 0. The van der Waals surface area contributed by atoms with Gasteiger partial charge in [0.25, 0.3) is 5.56 Å². The van der Waals surface area contributed by atoms with E-state index in [4.69, 9.17) is 25.8 Å². The fourth-order valence-corrected chi connectivity index (χ4v) is 5.09. The average molecular weight is 511 g/mol. The van der Waals surface area contributed by atoms with Crippen LogP contribution in [0.5, 0.6) is 11.5 Å². The molecule has 35 heavy (non-hydrogen) atoms. The normalized spacial score (nSPS) is 15.3. The summed E-state index contributed by atoms with van der Waals surface area (Å²) in [4.78, 5) is 31.8.